The number of hydrogen-bond acceptors (Lipinski definition) is 1. The van der Waals surface area contributed by atoms with Crippen LogP contribution in [0.15, 0.2) is 0 Å². The van der Waals surface area contributed by atoms with E-state index in [0.717, 1.165) is 12.0 Å². The fraction of sp³-hybridized carbons (Fsp3) is 1.00. The van der Waals surface area contributed by atoms with E-state index in [1.54, 1.807) is 0 Å². The molecule has 0 aromatic heterocycles. The molecule has 0 amide bonds. The first-order valence-corrected chi connectivity index (χ1v) is 6.39. The third-order valence-electron chi connectivity index (χ3n) is 3.97. The van der Waals surface area contributed by atoms with Gasteiger partial charge >= 0.3 is 0 Å². The van der Waals surface area contributed by atoms with Gasteiger partial charge in [-0.05, 0) is 56.4 Å². The zero-order chi connectivity index (χ0) is 10.0. The van der Waals surface area contributed by atoms with Crippen molar-refractivity contribution in [3.63, 3.8) is 0 Å². The van der Waals surface area contributed by atoms with Gasteiger partial charge in [0.25, 0.3) is 0 Å². The predicted molar refractivity (Wildman–Crippen MR) is 61.4 cm³/mol. The Balaban J connectivity index is 1.71. The molecule has 1 heteroatoms. The molecule has 0 bridgehead atoms. The lowest BCUT2D eigenvalue weighted by Crippen LogP contribution is -2.30. The molecule has 0 spiro atoms. The van der Waals surface area contributed by atoms with Crippen LogP contribution >= 0.6 is 0 Å². The molecular weight excluding hydrogens is 170 g/mol. The van der Waals surface area contributed by atoms with Crippen LogP contribution in [0, 0.1) is 11.3 Å². The lowest BCUT2D eigenvalue weighted by molar-refractivity contribution is 0.309. The van der Waals surface area contributed by atoms with E-state index >= 15 is 0 Å². The molecule has 2 aliphatic carbocycles. The smallest absolute Gasteiger partial charge is 0.00673 e. The summed E-state index contributed by atoms with van der Waals surface area (Å²) in [5.41, 5.74) is 0.607. The molecule has 1 unspecified atom stereocenters. The van der Waals surface area contributed by atoms with E-state index in [2.05, 4.69) is 19.2 Å². The maximum atomic E-state index is 3.76. The second kappa shape index (κ2) is 4.22. The van der Waals surface area contributed by atoms with Crippen LogP contribution in [-0.2, 0) is 0 Å². The summed E-state index contributed by atoms with van der Waals surface area (Å²) in [4.78, 5) is 0. The molecule has 0 saturated heterocycles. The summed E-state index contributed by atoms with van der Waals surface area (Å²) in [7, 11) is 0. The van der Waals surface area contributed by atoms with Gasteiger partial charge < -0.3 is 5.32 Å². The molecule has 2 rings (SSSR count). The zero-order valence-corrected chi connectivity index (χ0v) is 9.81. The molecular formula is C13H25N. The quantitative estimate of drug-likeness (QED) is 0.681. The molecule has 1 N–H and O–H groups in total. The zero-order valence-electron chi connectivity index (χ0n) is 9.81. The molecule has 0 aliphatic heterocycles. The Kier molecular flexibility index (Phi) is 3.16. The van der Waals surface area contributed by atoms with Crippen molar-refractivity contribution >= 4 is 0 Å². The lowest BCUT2D eigenvalue weighted by Gasteiger charge is -2.22. The van der Waals surface area contributed by atoms with Crippen molar-refractivity contribution in [1.29, 1.82) is 0 Å². The van der Waals surface area contributed by atoms with E-state index in [1.165, 1.54) is 51.5 Å². The summed E-state index contributed by atoms with van der Waals surface area (Å²) >= 11 is 0. The molecule has 0 aromatic rings. The van der Waals surface area contributed by atoms with E-state index in [4.69, 9.17) is 0 Å². The monoisotopic (exact) mass is 195 g/mol. The van der Waals surface area contributed by atoms with Crippen LogP contribution in [0.25, 0.3) is 0 Å². The van der Waals surface area contributed by atoms with E-state index in [0.29, 0.717) is 5.41 Å². The summed E-state index contributed by atoms with van der Waals surface area (Å²) in [6.45, 7) is 6.15. The average Bonchev–Trinajstić information content (AvgIpc) is 2.90. The summed E-state index contributed by atoms with van der Waals surface area (Å²) in [5, 5.41) is 3.76. The van der Waals surface area contributed by atoms with Crippen molar-refractivity contribution in [3.05, 3.63) is 0 Å². The first-order chi connectivity index (χ1) is 6.66. The second-order valence-corrected chi connectivity index (χ2v) is 6.14. The van der Waals surface area contributed by atoms with Crippen LogP contribution in [0.3, 0.4) is 0 Å². The van der Waals surface area contributed by atoms with Crippen molar-refractivity contribution in [2.75, 3.05) is 6.54 Å². The Morgan fingerprint density at radius 1 is 1.07 bits per heavy atom. The minimum atomic E-state index is 0.607. The van der Waals surface area contributed by atoms with Crippen LogP contribution in [0.4, 0.5) is 0 Å². The number of rotatable bonds is 3. The van der Waals surface area contributed by atoms with Crippen molar-refractivity contribution in [1.82, 2.24) is 5.32 Å². The summed E-state index contributed by atoms with van der Waals surface area (Å²) in [6, 6.07) is 0.831. The Labute approximate surface area is 88.7 Å². The molecule has 2 saturated carbocycles. The van der Waals surface area contributed by atoms with E-state index in [-0.39, 0.29) is 0 Å². The third-order valence-corrected chi connectivity index (χ3v) is 3.97. The molecule has 0 radical (unpaired) electrons. The van der Waals surface area contributed by atoms with E-state index in [1.807, 2.05) is 0 Å². The Hall–Kier alpha value is -0.0400. The number of nitrogens with one attached hydrogen (secondary N) is 1. The van der Waals surface area contributed by atoms with Crippen molar-refractivity contribution in [3.8, 4) is 0 Å². The summed E-state index contributed by atoms with van der Waals surface area (Å²) in [5.74, 6) is 1.03. The molecule has 2 fully saturated rings. The highest BCUT2D eigenvalue weighted by Gasteiger charge is 2.26. The highest BCUT2D eigenvalue weighted by atomic mass is 14.9. The van der Waals surface area contributed by atoms with Gasteiger partial charge in [-0.25, -0.2) is 0 Å². The largest absolute Gasteiger partial charge is 0.314 e. The van der Waals surface area contributed by atoms with Gasteiger partial charge in [-0.15, -0.1) is 0 Å². The SMILES string of the molecule is CC1(C)CCCC(NCC2CC2)CC1. The Morgan fingerprint density at radius 2 is 1.86 bits per heavy atom. The summed E-state index contributed by atoms with van der Waals surface area (Å²) in [6.07, 6.45) is 10.0. The molecule has 1 nitrogen and oxygen atoms in total. The molecule has 82 valence electrons. The van der Waals surface area contributed by atoms with Gasteiger partial charge in [0.2, 0.25) is 0 Å². The van der Waals surface area contributed by atoms with E-state index < -0.39 is 0 Å². The highest BCUT2D eigenvalue weighted by molar-refractivity contribution is 4.82. The van der Waals surface area contributed by atoms with Gasteiger partial charge in [0, 0.05) is 6.04 Å². The topological polar surface area (TPSA) is 12.0 Å². The molecule has 2 aliphatic rings. The highest BCUT2D eigenvalue weighted by Crippen LogP contribution is 2.34. The van der Waals surface area contributed by atoms with Crippen LogP contribution in [-0.4, -0.2) is 12.6 Å². The molecule has 0 aromatic carbocycles. The van der Waals surface area contributed by atoms with Crippen molar-refractivity contribution in [2.45, 2.75) is 64.8 Å². The Bertz CT molecular complexity index is 182. The third kappa shape index (κ3) is 3.27. The first kappa shape index (κ1) is 10.5. The second-order valence-electron chi connectivity index (χ2n) is 6.14. The molecule has 1 atom stereocenters. The van der Waals surface area contributed by atoms with Gasteiger partial charge in [-0.3, -0.25) is 0 Å². The van der Waals surface area contributed by atoms with Crippen LogP contribution in [0.1, 0.15) is 58.8 Å². The fourth-order valence-electron chi connectivity index (χ4n) is 2.52. The minimum absolute atomic E-state index is 0.607. The number of hydrogen-bond donors (Lipinski definition) is 1. The van der Waals surface area contributed by atoms with Crippen molar-refractivity contribution in [2.24, 2.45) is 11.3 Å². The van der Waals surface area contributed by atoms with Gasteiger partial charge in [-0.1, -0.05) is 20.3 Å². The molecule has 0 heterocycles. The maximum Gasteiger partial charge on any atom is 0.00673 e. The van der Waals surface area contributed by atoms with Crippen LogP contribution in [0.2, 0.25) is 0 Å². The minimum Gasteiger partial charge on any atom is -0.314 e. The van der Waals surface area contributed by atoms with Crippen LogP contribution < -0.4 is 5.32 Å². The van der Waals surface area contributed by atoms with Crippen LogP contribution in [0.5, 0.6) is 0 Å². The standard InChI is InChI=1S/C13H25N/c1-13(2)8-3-4-12(7-9-13)14-10-11-5-6-11/h11-12,14H,3-10H2,1-2H3. The lowest BCUT2D eigenvalue weighted by atomic mass is 9.85. The predicted octanol–water partition coefficient (Wildman–Crippen LogP) is 3.34. The fourth-order valence-corrected chi connectivity index (χ4v) is 2.52. The van der Waals surface area contributed by atoms with Gasteiger partial charge in [0.1, 0.15) is 0 Å². The first-order valence-electron chi connectivity index (χ1n) is 6.39. The Morgan fingerprint density at radius 3 is 2.57 bits per heavy atom. The van der Waals surface area contributed by atoms with Gasteiger partial charge in [0.05, 0.1) is 0 Å². The van der Waals surface area contributed by atoms with Gasteiger partial charge in [-0.2, -0.15) is 0 Å². The maximum absolute atomic E-state index is 3.76. The van der Waals surface area contributed by atoms with E-state index in [9.17, 15) is 0 Å². The van der Waals surface area contributed by atoms with Crippen molar-refractivity contribution < 1.29 is 0 Å². The average molecular weight is 195 g/mol. The van der Waals surface area contributed by atoms with Gasteiger partial charge in [0.15, 0.2) is 0 Å². The molecule has 14 heavy (non-hydrogen) atoms. The normalized spacial score (nSPS) is 32.6. The summed E-state index contributed by atoms with van der Waals surface area (Å²) < 4.78 is 0.